The zero-order chi connectivity index (χ0) is 19.1. The molecular weight excluding hydrogens is 345 g/mol. The molecule has 0 aromatic heterocycles. The van der Waals surface area contributed by atoms with Crippen molar-refractivity contribution in [2.75, 3.05) is 38.0 Å². The third-order valence-electron chi connectivity index (χ3n) is 4.38. The molecule has 5 nitrogen and oxygen atoms in total. The molecule has 1 N–H and O–H groups in total. The Morgan fingerprint density at radius 2 is 1.74 bits per heavy atom. The van der Waals surface area contributed by atoms with Gasteiger partial charge in [-0.2, -0.15) is 0 Å². The van der Waals surface area contributed by atoms with Gasteiger partial charge in [-0.1, -0.05) is 30.3 Å². The van der Waals surface area contributed by atoms with Crippen molar-refractivity contribution >= 4 is 23.6 Å². The van der Waals surface area contributed by atoms with Crippen LogP contribution in [0.5, 0.6) is 0 Å². The van der Waals surface area contributed by atoms with Crippen molar-refractivity contribution < 1.29 is 14.0 Å². The molecule has 0 saturated carbocycles. The number of carbonyl (C=O) groups is 2. The number of carbonyl (C=O) groups excluding carboxylic acids is 2. The van der Waals surface area contributed by atoms with Crippen molar-refractivity contribution in [3.05, 3.63) is 72.1 Å². The number of nitrogens with zero attached hydrogens (tertiary/aromatic N) is 2. The Morgan fingerprint density at radius 3 is 2.44 bits per heavy atom. The van der Waals surface area contributed by atoms with Crippen LogP contribution in [0.15, 0.2) is 60.7 Å². The zero-order valence-electron chi connectivity index (χ0n) is 15.0. The molecule has 0 unspecified atom stereocenters. The maximum absolute atomic E-state index is 13.2. The van der Waals surface area contributed by atoms with E-state index in [0.717, 1.165) is 5.69 Å². The summed E-state index contributed by atoms with van der Waals surface area (Å²) in [6, 6.07) is 15.4. The highest BCUT2D eigenvalue weighted by molar-refractivity contribution is 5.93. The van der Waals surface area contributed by atoms with Gasteiger partial charge in [0.05, 0.1) is 6.54 Å². The van der Waals surface area contributed by atoms with Gasteiger partial charge in [0.1, 0.15) is 5.82 Å². The number of rotatable bonds is 5. The third kappa shape index (κ3) is 5.76. The number of hydrogen-bond acceptors (Lipinski definition) is 3. The summed E-state index contributed by atoms with van der Waals surface area (Å²) in [7, 11) is 0. The van der Waals surface area contributed by atoms with Crippen molar-refractivity contribution in [2.24, 2.45) is 0 Å². The first-order chi connectivity index (χ1) is 13.1. The number of halogens is 1. The van der Waals surface area contributed by atoms with E-state index in [1.165, 1.54) is 18.2 Å². The number of benzene rings is 2. The summed E-state index contributed by atoms with van der Waals surface area (Å²) in [5.74, 6) is -0.494. The smallest absolute Gasteiger partial charge is 0.246 e. The topological polar surface area (TPSA) is 52.7 Å². The minimum atomic E-state index is -0.327. The second-order valence-corrected chi connectivity index (χ2v) is 6.40. The molecule has 2 aromatic rings. The van der Waals surface area contributed by atoms with E-state index in [0.29, 0.717) is 38.3 Å². The van der Waals surface area contributed by atoms with Gasteiger partial charge in [-0.05, 0) is 35.9 Å². The third-order valence-corrected chi connectivity index (χ3v) is 4.38. The van der Waals surface area contributed by atoms with E-state index in [9.17, 15) is 14.0 Å². The fourth-order valence-electron chi connectivity index (χ4n) is 2.93. The predicted molar refractivity (Wildman–Crippen MR) is 104 cm³/mol. The lowest BCUT2D eigenvalue weighted by Crippen LogP contribution is -2.50. The summed E-state index contributed by atoms with van der Waals surface area (Å²) in [4.78, 5) is 28.1. The van der Waals surface area contributed by atoms with Gasteiger partial charge in [0, 0.05) is 37.9 Å². The first-order valence-electron chi connectivity index (χ1n) is 8.90. The Bertz CT molecular complexity index is 815. The quantitative estimate of drug-likeness (QED) is 0.827. The van der Waals surface area contributed by atoms with Crippen LogP contribution in [0.25, 0.3) is 6.08 Å². The second kappa shape index (κ2) is 9.09. The second-order valence-electron chi connectivity index (χ2n) is 6.40. The molecule has 3 rings (SSSR count). The summed E-state index contributed by atoms with van der Waals surface area (Å²) in [6.45, 7) is 2.70. The molecule has 2 amide bonds. The van der Waals surface area contributed by atoms with Crippen LogP contribution in [0, 0.1) is 5.82 Å². The minimum absolute atomic E-state index is 0.0630. The number of hydrogen-bond donors (Lipinski definition) is 1. The van der Waals surface area contributed by atoms with Crippen LogP contribution < -0.4 is 5.32 Å². The van der Waals surface area contributed by atoms with Gasteiger partial charge in [0.25, 0.3) is 0 Å². The normalized spacial score (nSPS) is 15.1. The van der Waals surface area contributed by atoms with Gasteiger partial charge in [-0.25, -0.2) is 4.39 Å². The lowest BCUT2D eigenvalue weighted by Gasteiger charge is -2.33. The van der Waals surface area contributed by atoms with E-state index in [1.54, 1.807) is 23.1 Å². The molecule has 2 aromatic carbocycles. The average Bonchev–Trinajstić information content (AvgIpc) is 2.67. The fourth-order valence-corrected chi connectivity index (χ4v) is 2.93. The summed E-state index contributed by atoms with van der Waals surface area (Å²) in [5.41, 5.74) is 1.43. The highest BCUT2D eigenvalue weighted by atomic mass is 19.1. The fraction of sp³-hybridized carbons (Fsp3) is 0.238. The van der Waals surface area contributed by atoms with Crippen LogP contribution in [-0.2, 0) is 9.59 Å². The molecule has 6 heteroatoms. The Hall–Kier alpha value is -2.99. The van der Waals surface area contributed by atoms with Crippen LogP contribution in [0.3, 0.4) is 0 Å². The molecule has 1 aliphatic rings. The number of anilines is 1. The highest BCUT2D eigenvalue weighted by Gasteiger charge is 2.21. The van der Waals surface area contributed by atoms with E-state index >= 15 is 0 Å². The van der Waals surface area contributed by atoms with Crippen molar-refractivity contribution in [1.29, 1.82) is 0 Å². The van der Waals surface area contributed by atoms with Gasteiger partial charge in [0.15, 0.2) is 0 Å². The van der Waals surface area contributed by atoms with E-state index < -0.39 is 0 Å². The minimum Gasteiger partial charge on any atom is -0.337 e. The molecule has 140 valence electrons. The van der Waals surface area contributed by atoms with Crippen LogP contribution in [0.4, 0.5) is 10.1 Å². The number of para-hydroxylation sites is 1. The standard InChI is InChI=1S/C21H22FN3O2/c22-18-6-4-5-17(15-18)9-10-21(27)25-13-11-24(12-14-25)16-20(26)23-19-7-2-1-3-8-19/h1-10,15H,11-14,16H2,(H,23,26)/b10-9+. The van der Waals surface area contributed by atoms with Crippen LogP contribution in [0.1, 0.15) is 5.56 Å². The summed E-state index contributed by atoms with van der Waals surface area (Å²) >= 11 is 0. The van der Waals surface area contributed by atoms with Crippen LogP contribution in [0.2, 0.25) is 0 Å². The summed E-state index contributed by atoms with van der Waals surface area (Å²) in [5, 5.41) is 2.86. The first kappa shape index (κ1) is 18.8. The van der Waals surface area contributed by atoms with Gasteiger partial charge >= 0.3 is 0 Å². The lowest BCUT2D eigenvalue weighted by atomic mass is 10.2. The predicted octanol–water partition coefficient (Wildman–Crippen LogP) is 2.62. The van der Waals surface area contributed by atoms with Crippen molar-refractivity contribution in [3.8, 4) is 0 Å². The molecule has 0 atom stereocenters. The van der Waals surface area contributed by atoms with Crippen LogP contribution >= 0.6 is 0 Å². The van der Waals surface area contributed by atoms with Crippen molar-refractivity contribution in [2.45, 2.75) is 0 Å². The van der Waals surface area contributed by atoms with Gasteiger partial charge < -0.3 is 10.2 Å². The lowest BCUT2D eigenvalue weighted by molar-refractivity contribution is -0.127. The SMILES string of the molecule is O=C(CN1CCN(C(=O)/C=C/c2cccc(F)c2)CC1)Nc1ccccc1. The van der Waals surface area contributed by atoms with Crippen LogP contribution in [-0.4, -0.2) is 54.3 Å². The zero-order valence-corrected chi connectivity index (χ0v) is 15.0. The Morgan fingerprint density at radius 1 is 1.00 bits per heavy atom. The van der Waals surface area contributed by atoms with E-state index in [4.69, 9.17) is 0 Å². The number of nitrogens with one attached hydrogen (secondary N) is 1. The van der Waals surface area contributed by atoms with E-state index in [1.807, 2.05) is 35.2 Å². The Balaban J connectivity index is 1.44. The molecule has 1 heterocycles. The largest absolute Gasteiger partial charge is 0.337 e. The van der Waals surface area contributed by atoms with Crippen molar-refractivity contribution in [1.82, 2.24) is 9.80 Å². The maximum atomic E-state index is 13.2. The highest BCUT2D eigenvalue weighted by Crippen LogP contribution is 2.09. The van der Waals surface area contributed by atoms with E-state index in [-0.39, 0.29) is 17.6 Å². The molecule has 0 radical (unpaired) electrons. The molecule has 1 saturated heterocycles. The molecule has 1 aliphatic heterocycles. The molecular formula is C21H22FN3O2. The van der Waals surface area contributed by atoms with E-state index in [2.05, 4.69) is 5.32 Å². The Kier molecular flexibility index (Phi) is 6.33. The Labute approximate surface area is 158 Å². The summed E-state index contributed by atoms with van der Waals surface area (Å²) < 4.78 is 13.2. The monoisotopic (exact) mass is 367 g/mol. The van der Waals surface area contributed by atoms with Gasteiger partial charge in [-0.3, -0.25) is 14.5 Å². The average molecular weight is 367 g/mol. The maximum Gasteiger partial charge on any atom is 0.246 e. The molecule has 1 fully saturated rings. The first-order valence-corrected chi connectivity index (χ1v) is 8.90. The molecule has 0 spiro atoms. The van der Waals surface area contributed by atoms with Gasteiger partial charge in [-0.15, -0.1) is 0 Å². The molecule has 0 aliphatic carbocycles. The molecule has 27 heavy (non-hydrogen) atoms. The number of piperazine rings is 1. The van der Waals surface area contributed by atoms with Gasteiger partial charge in [0.2, 0.25) is 11.8 Å². The molecule has 0 bridgehead atoms. The van der Waals surface area contributed by atoms with Crippen molar-refractivity contribution in [3.63, 3.8) is 0 Å². The summed E-state index contributed by atoms with van der Waals surface area (Å²) in [6.07, 6.45) is 3.08. The number of amides is 2.